The van der Waals surface area contributed by atoms with E-state index in [1.807, 2.05) is 0 Å². The molecule has 0 aliphatic heterocycles. The molecule has 0 aromatic rings. The highest BCUT2D eigenvalue weighted by Crippen LogP contribution is 2.44. The Bertz CT molecular complexity index is 398. The molecule has 3 rings (SSSR count). The van der Waals surface area contributed by atoms with E-state index in [2.05, 4.69) is 36.5 Å². The second-order valence-corrected chi connectivity index (χ2v) is 5.07. The minimum absolute atomic E-state index is 0.624. The number of hydrogen-bond acceptors (Lipinski definition) is 1. The van der Waals surface area contributed by atoms with Gasteiger partial charge >= 0.3 is 0 Å². The van der Waals surface area contributed by atoms with Gasteiger partial charge in [0.1, 0.15) is 0 Å². The predicted molar refractivity (Wildman–Crippen MR) is 67.8 cm³/mol. The Labute approximate surface area is 97.4 Å². The molecular formula is C15H19N. The normalized spacial score (nSPS) is 36.2. The van der Waals surface area contributed by atoms with Gasteiger partial charge in [-0.05, 0) is 36.8 Å². The maximum atomic E-state index is 5.88. The summed E-state index contributed by atoms with van der Waals surface area (Å²) < 4.78 is 0. The third-order valence-corrected chi connectivity index (χ3v) is 4.26. The molecule has 0 heterocycles. The first-order valence-corrected chi connectivity index (χ1v) is 6.37. The highest BCUT2D eigenvalue weighted by atomic mass is 14.6. The minimum atomic E-state index is 0.624. The van der Waals surface area contributed by atoms with Gasteiger partial charge in [0, 0.05) is 5.92 Å². The number of hydrogen-bond donors (Lipinski definition) is 1. The zero-order valence-electron chi connectivity index (χ0n) is 9.60. The zero-order chi connectivity index (χ0) is 11.0. The van der Waals surface area contributed by atoms with Crippen LogP contribution in [0.4, 0.5) is 0 Å². The quantitative estimate of drug-likeness (QED) is 0.712. The van der Waals surface area contributed by atoms with E-state index in [0.717, 1.165) is 12.5 Å². The van der Waals surface area contributed by atoms with Crippen LogP contribution in [0.15, 0.2) is 47.6 Å². The molecular weight excluding hydrogens is 194 g/mol. The largest absolute Gasteiger partial charge is 0.330 e. The van der Waals surface area contributed by atoms with Gasteiger partial charge in [0.15, 0.2) is 0 Å². The molecule has 0 aromatic heterocycles. The number of nitrogens with two attached hydrogens (primary N) is 1. The molecule has 3 atom stereocenters. The fourth-order valence-electron chi connectivity index (χ4n) is 3.42. The maximum Gasteiger partial charge on any atom is 0.00868 e. The molecule has 3 aliphatic rings. The first-order chi connectivity index (χ1) is 7.90. The molecule has 0 saturated heterocycles. The van der Waals surface area contributed by atoms with E-state index in [9.17, 15) is 0 Å². The lowest BCUT2D eigenvalue weighted by molar-refractivity contribution is 0.331. The van der Waals surface area contributed by atoms with Crippen molar-refractivity contribution in [3.63, 3.8) is 0 Å². The summed E-state index contributed by atoms with van der Waals surface area (Å²) in [5.41, 5.74) is 8.98. The van der Waals surface area contributed by atoms with Gasteiger partial charge in [-0.25, -0.2) is 0 Å². The predicted octanol–water partition coefficient (Wildman–Crippen LogP) is 2.97. The molecule has 0 bridgehead atoms. The highest BCUT2D eigenvalue weighted by Gasteiger charge is 2.34. The van der Waals surface area contributed by atoms with Crippen LogP contribution in [0.1, 0.15) is 19.3 Å². The van der Waals surface area contributed by atoms with Gasteiger partial charge in [-0.1, -0.05) is 48.5 Å². The summed E-state index contributed by atoms with van der Waals surface area (Å²) in [6, 6.07) is 0. The Morgan fingerprint density at radius 1 is 1.19 bits per heavy atom. The van der Waals surface area contributed by atoms with Crippen LogP contribution in [-0.4, -0.2) is 6.54 Å². The molecule has 0 radical (unpaired) electrons. The summed E-state index contributed by atoms with van der Waals surface area (Å²) >= 11 is 0. The molecule has 1 heteroatoms. The van der Waals surface area contributed by atoms with Crippen LogP contribution in [0.2, 0.25) is 0 Å². The monoisotopic (exact) mass is 213 g/mol. The first-order valence-electron chi connectivity index (χ1n) is 6.37. The Kier molecular flexibility index (Phi) is 2.56. The summed E-state index contributed by atoms with van der Waals surface area (Å²) in [6.45, 7) is 0.817. The molecule has 1 nitrogen and oxygen atoms in total. The highest BCUT2D eigenvalue weighted by molar-refractivity contribution is 5.43. The Morgan fingerprint density at radius 3 is 3.00 bits per heavy atom. The van der Waals surface area contributed by atoms with Crippen LogP contribution in [0.5, 0.6) is 0 Å². The van der Waals surface area contributed by atoms with E-state index in [1.54, 1.807) is 5.57 Å². The summed E-state index contributed by atoms with van der Waals surface area (Å²) in [6.07, 6.45) is 17.6. The van der Waals surface area contributed by atoms with E-state index in [1.165, 1.54) is 24.8 Å². The van der Waals surface area contributed by atoms with Gasteiger partial charge in [-0.2, -0.15) is 0 Å². The van der Waals surface area contributed by atoms with Crippen LogP contribution in [0, 0.1) is 17.8 Å². The van der Waals surface area contributed by atoms with Gasteiger partial charge < -0.3 is 5.73 Å². The molecule has 0 aromatic carbocycles. The SMILES string of the molecule is NCC1CCCC2C1=CC=C1C=CC=CC12. The lowest BCUT2D eigenvalue weighted by atomic mass is 9.66. The van der Waals surface area contributed by atoms with Crippen molar-refractivity contribution in [1.29, 1.82) is 0 Å². The minimum Gasteiger partial charge on any atom is -0.330 e. The second-order valence-electron chi connectivity index (χ2n) is 5.07. The fourth-order valence-corrected chi connectivity index (χ4v) is 3.42. The fraction of sp³-hybridized carbons (Fsp3) is 0.467. The van der Waals surface area contributed by atoms with Crippen LogP contribution in [0.25, 0.3) is 0 Å². The van der Waals surface area contributed by atoms with Gasteiger partial charge in [-0.15, -0.1) is 0 Å². The third kappa shape index (κ3) is 1.51. The second kappa shape index (κ2) is 4.06. The Balaban J connectivity index is 1.97. The van der Waals surface area contributed by atoms with Gasteiger partial charge in [0.05, 0.1) is 0 Å². The average molecular weight is 213 g/mol. The maximum absolute atomic E-state index is 5.88. The van der Waals surface area contributed by atoms with Crippen molar-refractivity contribution in [2.45, 2.75) is 19.3 Å². The van der Waals surface area contributed by atoms with Crippen LogP contribution >= 0.6 is 0 Å². The summed E-state index contributed by atoms with van der Waals surface area (Å²) in [5, 5.41) is 0. The van der Waals surface area contributed by atoms with Crippen molar-refractivity contribution in [2.24, 2.45) is 23.5 Å². The molecule has 0 amide bonds. The zero-order valence-corrected chi connectivity index (χ0v) is 9.60. The van der Waals surface area contributed by atoms with Crippen LogP contribution in [0.3, 0.4) is 0 Å². The Hall–Kier alpha value is -1.08. The van der Waals surface area contributed by atoms with E-state index in [4.69, 9.17) is 5.73 Å². The smallest absolute Gasteiger partial charge is 0.00868 e. The number of fused-ring (bicyclic) bond motifs is 3. The topological polar surface area (TPSA) is 26.0 Å². The molecule has 1 fully saturated rings. The standard InChI is InChI=1S/C15H19N/c16-10-12-5-3-7-15-13-6-2-1-4-11(13)8-9-14(12)15/h1-2,4,6,8-9,12-13,15H,3,5,7,10,16H2. The van der Waals surface area contributed by atoms with Crippen molar-refractivity contribution in [2.75, 3.05) is 6.54 Å². The molecule has 1 saturated carbocycles. The molecule has 16 heavy (non-hydrogen) atoms. The molecule has 3 aliphatic carbocycles. The van der Waals surface area contributed by atoms with E-state index in [0.29, 0.717) is 11.8 Å². The van der Waals surface area contributed by atoms with Crippen LogP contribution in [-0.2, 0) is 0 Å². The van der Waals surface area contributed by atoms with Gasteiger partial charge in [0.2, 0.25) is 0 Å². The third-order valence-electron chi connectivity index (χ3n) is 4.26. The summed E-state index contributed by atoms with van der Waals surface area (Å²) in [4.78, 5) is 0. The molecule has 2 N–H and O–H groups in total. The van der Waals surface area contributed by atoms with Gasteiger partial charge in [0.25, 0.3) is 0 Å². The number of rotatable bonds is 1. The van der Waals surface area contributed by atoms with Crippen molar-refractivity contribution in [1.82, 2.24) is 0 Å². The van der Waals surface area contributed by atoms with E-state index in [-0.39, 0.29) is 0 Å². The molecule has 84 valence electrons. The Morgan fingerprint density at radius 2 is 2.12 bits per heavy atom. The summed E-state index contributed by atoms with van der Waals surface area (Å²) in [7, 11) is 0. The number of allylic oxidation sites excluding steroid dienone is 7. The molecule has 3 unspecified atom stereocenters. The first kappa shape index (κ1) is 10.1. The summed E-state index contributed by atoms with van der Waals surface area (Å²) in [5.74, 6) is 1.98. The van der Waals surface area contributed by atoms with Gasteiger partial charge in [-0.3, -0.25) is 0 Å². The van der Waals surface area contributed by atoms with Crippen molar-refractivity contribution in [3.05, 3.63) is 47.6 Å². The van der Waals surface area contributed by atoms with E-state index < -0.39 is 0 Å². The van der Waals surface area contributed by atoms with Crippen molar-refractivity contribution >= 4 is 0 Å². The lowest BCUT2D eigenvalue weighted by Crippen LogP contribution is -2.31. The molecule has 0 spiro atoms. The average Bonchev–Trinajstić information content (AvgIpc) is 2.37. The van der Waals surface area contributed by atoms with E-state index >= 15 is 0 Å². The van der Waals surface area contributed by atoms with Crippen molar-refractivity contribution in [3.8, 4) is 0 Å². The van der Waals surface area contributed by atoms with Crippen LogP contribution < -0.4 is 5.73 Å². The van der Waals surface area contributed by atoms with Crippen molar-refractivity contribution < 1.29 is 0 Å². The lowest BCUT2D eigenvalue weighted by Gasteiger charge is -2.39.